The number of nitrogens with one attached hydrogen (secondary N) is 1. The zero-order valence-corrected chi connectivity index (χ0v) is 18.4. The Morgan fingerprint density at radius 1 is 1.10 bits per heavy atom. The van der Waals surface area contributed by atoms with Gasteiger partial charge in [0, 0.05) is 61.7 Å². The number of carbonyl (C=O) groups is 1. The Balaban J connectivity index is 0.00000112. The molecule has 0 saturated carbocycles. The summed E-state index contributed by atoms with van der Waals surface area (Å²) in [5.41, 5.74) is 7.18. The third-order valence-electron chi connectivity index (χ3n) is 5.57. The first-order valence-electron chi connectivity index (χ1n) is 11.0. The van der Waals surface area contributed by atoms with Crippen molar-refractivity contribution >= 4 is 18.0 Å². The van der Waals surface area contributed by atoms with Gasteiger partial charge in [-0.05, 0) is 30.7 Å². The molecule has 0 atom stereocenters. The number of aryl methyl sites for hydroxylation is 1. The number of pyridine rings is 1. The van der Waals surface area contributed by atoms with Gasteiger partial charge in [-0.3, -0.25) is 4.79 Å². The van der Waals surface area contributed by atoms with Crippen LogP contribution in [0.2, 0.25) is 0 Å². The van der Waals surface area contributed by atoms with Gasteiger partial charge in [0.25, 0.3) is 0 Å². The Bertz CT molecular complexity index is 1110. The van der Waals surface area contributed by atoms with Crippen molar-refractivity contribution in [2.24, 2.45) is 0 Å². The van der Waals surface area contributed by atoms with Gasteiger partial charge in [0.05, 0.1) is 11.4 Å². The molecule has 1 aliphatic heterocycles. The zero-order valence-electron chi connectivity index (χ0n) is 18.4. The van der Waals surface area contributed by atoms with Crippen LogP contribution in [-0.4, -0.2) is 47.2 Å². The number of piperazine rings is 1. The van der Waals surface area contributed by atoms with Crippen LogP contribution in [0.25, 0.3) is 23.2 Å². The molecular weight excluding hydrogens is 386 g/mol. The van der Waals surface area contributed by atoms with Gasteiger partial charge in [0.2, 0.25) is 0 Å². The summed E-state index contributed by atoms with van der Waals surface area (Å²) in [4.78, 5) is 18.6. The predicted octanol–water partition coefficient (Wildman–Crippen LogP) is 3.82. The second-order valence-corrected chi connectivity index (χ2v) is 7.63. The smallest absolute Gasteiger partial charge is 0.156 e. The molecule has 3 aromatic rings. The number of benzene rings is 1. The van der Waals surface area contributed by atoms with Crippen LogP contribution >= 0.6 is 0 Å². The van der Waals surface area contributed by atoms with Gasteiger partial charge in [-0.2, -0.15) is 5.10 Å². The molecular formula is C25H29N5O. The molecule has 0 spiro atoms. The SMILES string of the molecule is CC.Cc1cccc(-c2ccn(-c3cc(N4CCNCC4)c4c(n3)C=C(C=O)C4)n2)c1. The van der Waals surface area contributed by atoms with Crippen LogP contribution in [0.1, 0.15) is 30.7 Å². The molecule has 1 N–H and O–H groups in total. The average Bonchev–Trinajstić information content (AvgIpc) is 3.47. The molecule has 1 aliphatic carbocycles. The normalized spacial score (nSPS) is 15.1. The quantitative estimate of drug-likeness (QED) is 0.657. The molecule has 3 heterocycles. The number of hydrogen-bond donors (Lipinski definition) is 1. The molecule has 160 valence electrons. The lowest BCUT2D eigenvalue weighted by Crippen LogP contribution is -2.44. The maximum Gasteiger partial charge on any atom is 0.156 e. The van der Waals surface area contributed by atoms with E-state index in [0.717, 1.165) is 72.1 Å². The van der Waals surface area contributed by atoms with Crippen molar-refractivity contribution in [2.75, 3.05) is 31.1 Å². The monoisotopic (exact) mass is 415 g/mol. The first kappa shape index (κ1) is 21.0. The van der Waals surface area contributed by atoms with E-state index < -0.39 is 0 Å². The van der Waals surface area contributed by atoms with Crippen LogP contribution in [0.4, 0.5) is 5.69 Å². The van der Waals surface area contributed by atoms with Gasteiger partial charge in [-0.1, -0.05) is 37.6 Å². The van der Waals surface area contributed by atoms with Crippen LogP contribution in [0, 0.1) is 6.92 Å². The summed E-state index contributed by atoms with van der Waals surface area (Å²) in [7, 11) is 0. The van der Waals surface area contributed by atoms with Crippen LogP contribution < -0.4 is 10.2 Å². The van der Waals surface area contributed by atoms with Crippen molar-refractivity contribution in [3.63, 3.8) is 0 Å². The Hall–Kier alpha value is -3.25. The molecule has 1 saturated heterocycles. The lowest BCUT2D eigenvalue weighted by atomic mass is 10.1. The van der Waals surface area contributed by atoms with E-state index in [0.29, 0.717) is 6.42 Å². The maximum atomic E-state index is 11.4. The van der Waals surface area contributed by atoms with Crippen molar-refractivity contribution in [1.29, 1.82) is 0 Å². The average molecular weight is 416 g/mol. The van der Waals surface area contributed by atoms with E-state index in [1.165, 1.54) is 5.56 Å². The lowest BCUT2D eigenvalue weighted by molar-refractivity contribution is -0.104. The molecule has 1 fully saturated rings. The van der Waals surface area contributed by atoms with E-state index in [1.807, 2.05) is 42.9 Å². The fourth-order valence-electron chi connectivity index (χ4n) is 4.09. The van der Waals surface area contributed by atoms with Crippen molar-refractivity contribution in [3.05, 3.63) is 65.0 Å². The van der Waals surface area contributed by atoms with Gasteiger partial charge in [0.1, 0.15) is 6.29 Å². The van der Waals surface area contributed by atoms with Gasteiger partial charge in [0.15, 0.2) is 5.82 Å². The third-order valence-corrected chi connectivity index (χ3v) is 5.57. The third kappa shape index (κ3) is 4.30. The van der Waals surface area contributed by atoms with E-state index >= 15 is 0 Å². The summed E-state index contributed by atoms with van der Waals surface area (Å²) in [5.74, 6) is 0.777. The number of aldehydes is 1. The summed E-state index contributed by atoms with van der Waals surface area (Å²) in [5, 5.41) is 8.18. The summed E-state index contributed by atoms with van der Waals surface area (Å²) >= 11 is 0. The second kappa shape index (κ2) is 9.27. The number of aromatic nitrogens is 3. The van der Waals surface area contributed by atoms with E-state index in [-0.39, 0.29) is 0 Å². The highest BCUT2D eigenvalue weighted by atomic mass is 16.1. The zero-order chi connectivity index (χ0) is 21.8. The minimum atomic E-state index is 0.652. The topological polar surface area (TPSA) is 63.1 Å². The summed E-state index contributed by atoms with van der Waals surface area (Å²) in [6.45, 7) is 9.89. The number of anilines is 1. The molecule has 0 amide bonds. The minimum Gasteiger partial charge on any atom is -0.369 e. The highest BCUT2D eigenvalue weighted by Gasteiger charge is 2.23. The predicted molar refractivity (Wildman–Crippen MR) is 126 cm³/mol. The van der Waals surface area contributed by atoms with E-state index in [4.69, 9.17) is 10.1 Å². The molecule has 6 nitrogen and oxygen atoms in total. The van der Waals surface area contributed by atoms with Crippen LogP contribution in [0.5, 0.6) is 0 Å². The summed E-state index contributed by atoms with van der Waals surface area (Å²) < 4.78 is 1.83. The van der Waals surface area contributed by atoms with Crippen LogP contribution in [0.3, 0.4) is 0 Å². The summed E-state index contributed by atoms with van der Waals surface area (Å²) in [6.07, 6.45) is 5.45. The Kier molecular flexibility index (Phi) is 6.28. The van der Waals surface area contributed by atoms with E-state index in [1.54, 1.807) is 0 Å². The van der Waals surface area contributed by atoms with E-state index in [2.05, 4.69) is 41.4 Å². The van der Waals surface area contributed by atoms with Crippen LogP contribution in [0.15, 0.2) is 48.2 Å². The largest absolute Gasteiger partial charge is 0.369 e. The molecule has 0 unspecified atom stereocenters. The molecule has 6 heteroatoms. The van der Waals surface area contributed by atoms with Crippen molar-refractivity contribution in [2.45, 2.75) is 27.2 Å². The Morgan fingerprint density at radius 2 is 1.90 bits per heavy atom. The number of carbonyl (C=O) groups excluding carboxylic acids is 1. The minimum absolute atomic E-state index is 0.652. The number of hydrogen-bond acceptors (Lipinski definition) is 5. The number of allylic oxidation sites excluding steroid dienone is 1. The Labute approximate surface area is 183 Å². The fraction of sp³-hybridized carbons (Fsp3) is 0.320. The van der Waals surface area contributed by atoms with Gasteiger partial charge in [-0.15, -0.1) is 0 Å². The molecule has 2 aliphatic rings. The highest BCUT2D eigenvalue weighted by molar-refractivity contribution is 5.88. The molecule has 31 heavy (non-hydrogen) atoms. The first-order valence-corrected chi connectivity index (χ1v) is 11.0. The fourth-order valence-corrected chi connectivity index (χ4v) is 4.09. The lowest BCUT2D eigenvalue weighted by Gasteiger charge is -2.31. The second-order valence-electron chi connectivity index (χ2n) is 7.63. The number of nitrogens with zero attached hydrogens (tertiary/aromatic N) is 4. The summed E-state index contributed by atoms with van der Waals surface area (Å²) in [6, 6.07) is 12.5. The van der Waals surface area contributed by atoms with Gasteiger partial charge < -0.3 is 10.2 Å². The van der Waals surface area contributed by atoms with Gasteiger partial charge in [-0.25, -0.2) is 9.67 Å². The number of rotatable bonds is 4. The van der Waals surface area contributed by atoms with Crippen molar-refractivity contribution in [1.82, 2.24) is 20.1 Å². The van der Waals surface area contributed by atoms with Gasteiger partial charge >= 0.3 is 0 Å². The van der Waals surface area contributed by atoms with Crippen molar-refractivity contribution < 1.29 is 4.79 Å². The Morgan fingerprint density at radius 3 is 2.65 bits per heavy atom. The first-order chi connectivity index (χ1) is 15.2. The number of fused-ring (bicyclic) bond motifs is 1. The molecule has 5 rings (SSSR count). The van der Waals surface area contributed by atoms with Crippen LogP contribution in [-0.2, 0) is 11.2 Å². The highest BCUT2D eigenvalue weighted by Crippen LogP contribution is 2.33. The molecule has 0 radical (unpaired) electrons. The molecule has 0 bridgehead atoms. The standard InChI is InChI=1S/C23H23N5O.C2H6/c1-16-3-2-4-18(11-16)20-5-8-28(26-20)23-14-22(27-9-6-24-7-10-27)19-12-17(15-29)13-21(19)25-23;1-2/h2-5,8,11,13-15,24H,6-7,9-10,12H2,1H3;1-2H3. The van der Waals surface area contributed by atoms with Crippen molar-refractivity contribution in [3.8, 4) is 17.1 Å². The molecule has 2 aromatic heterocycles. The maximum absolute atomic E-state index is 11.4. The molecule has 1 aromatic carbocycles. The van der Waals surface area contributed by atoms with E-state index in [9.17, 15) is 4.79 Å².